The van der Waals surface area contributed by atoms with Crippen LogP contribution in [0.2, 0.25) is 0 Å². The summed E-state index contributed by atoms with van der Waals surface area (Å²) in [4.78, 5) is 2.42. The van der Waals surface area contributed by atoms with E-state index >= 15 is 0 Å². The molecule has 320 valence electrons. The van der Waals surface area contributed by atoms with E-state index in [1.807, 2.05) is 11.3 Å². The number of fused-ring (bicyclic) bond motifs is 13. The molecular weight excluding hydrogens is 841 g/mol. The zero-order valence-corrected chi connectivity index (χ0v) is 38.6. The molecule has 0 saturated carbocycles. The molecule has 1 aliphatic rings. The number of para-hydroxylation sites is 1. The van der Waals surface area contributed by atoms with Crippen molar-refractivity contribution in [3.05, 3.63) is 242 Å². The van der Waals surface area contributed by atoms with Crippen molar-refractivity contribution in [2.75, 3.05) is 4.90 Å². The smallest absolute Gasteiger partial charge is 0.0633 e. The highest BCUT2D eigenvalue weighted by Gasteiger charge is 2.36. The van der Waals surface area contributed by atoms with Crippen LogP contribution in [0.3, 0.4) is 0 Å². The molecule has 0 spiro atoms. The molecular formula is C65H44N2S. The molecule has 2 aromatic heterocycles. The van der Waals surface area contributed by atoms with Gasteiger partial charge in [-0.3, -0.25) is 0 Å². The molecule has 0 atom stereocenters. The van der Waals surface area contributed by atoms with Crippen LogP contribution in [-0.4, -0.2) is 4.57 Å². The van der Waals surface area contributed by atoms with Gasteiger partial charge in [-0.1, -0.05) is 172 Å². The lowest BCUT2D eigenvalue weighted by molar-refractivity contribution is 0.660. The molecule has 0 fully saturated rings. The van der Waals surface area contributed by atoms with Crippen molar-refractivity contribution in [3.63, 3.8) is 0 Å². The molecule has 0 saturated heterocycles. The van der Waals surface area contributed by atoms with Crippen LogP contribution in [0, 0.1) is 0 Å². The van der Waals surface area contributed by atoms with Crippen LogP contribution in [0.5, 0.6) is 0 Å². The normalized spacial score (nSPS) is 13.0. The Morgan fingerprint density at radius 2 is 1.03 bits per heavy atom. The highest BCUT2D eigenvalue weighted by molar-refractivity contribution is 7.26. The van der Waals surface area contributed by atoms with E-state index in [0.29, 0.717) is 0 Å². The Labute approximate surface area is 399 Å². The number of nitrogens with zero attached hydrogens (tertiary/aromatic N) is 2. The van der Waals surface area contributed by atoms with Gasteiger partial charge in [0.25, 0.3) is 0 Å². The van der Waals surface area contributed by atoms with E-state index in [1.165, 1.54) is 114 Å². The monoisotopic (exact) mass is 884 g/mol. The molecule has 0 bridgehead atoms. The van der Waals surface area contributed by atoms with E-state index < -0.39 is 0 Å². The fourth-order valence-electron chi connectivity index (χ4n) is 11.4. The van der Waals surface area contributed by atoms with Crippen LogP contribution in [0.25, 0.3) is 103 Å². The molecule has 0 N–H and O–H groups in total. The van der Waals surface area contributed by atoms with Crippen LogP contribution in [0.4, 0.5) is 17.1 Å². The first-order chi connectivity index (χ1) is 33.5. The molecule has 1 aliphatic carbocycles. The van der Waals surface area contributed by atoms with Gasteiger partial charge in [-0.15, -0.1) is 11.3 Å². The van der Waals surface area contributed by atoms with E-state index in [1.54, 1.807) is 0 Å². The first-order valence-corrected chi connectivity index (χ1v) is 24.4. The van der Waals surface area contributed by atoms with Crippen LogP contribution in [0.15, 0.2) is 231 Å². The second-order valence-electron chi connectivity index (χ2n) is 18.9. The maximum Gasteiger partial charge on any atom is 0.0633 e. The van der Waals surface area contributed by atoms with Gasteiger partial charge in [-0.25, -0.2) is 0 Å². The van der Waals surface area contributed by atoms with Crippen LogP contribution >= 0.6 is 11.3 Å². The number of anilines is 3. The van der Waals surface area contributed by atoms with Crippen molar-refractivity contribution in [3.8, 4) is 39.1 Å². The van der Waals surface area contributed by atoms with Crippen molar-refractivity contribution in [2.24, 2.45) is 0 Å². The first-order valence-electron chi connectivity index (χ1n) is 23.6. The van der Waals surface area contributed by atoms with Crippen LogP contribution < -0.4 is 4.90 Å². The number of aromatic nitrogens is 1. The summed E-state index contributed by atoms with van der Waals surface area (Å²) in [6.07, 6.45) is 0. The highest BCUT2D eigenvalue weighted by atomic mass is 32.1. The van der Waals surface area contributed by atoms with E-state index in [2.05, 4.69) is 254 Å². The molecule has 13 aromatic rings. The Balaban J connectivity index is 0.906. The first kappa shape index (κ1) is 39.0. The SMILES string of the molecule is CC1(C)c2ccc(-c3ccc4c(c3)c3ccc5ccc6c7ccccc7sc6c5c3n4-c3ccccc3)cc2-c2ccc(N(c3ccc(-c4ccccc4)cc3)c3ccc4ccccc4c3)cc21. The van der Waals surface area contributed by atoms with Crippen LogP contribution in [-0.2, 0) is 5.41 Å². The maximum atomic E-state index is 2.50. The molecule has 2 nitrogen and oxygen atoms in total. The molecule has 14 rings (SSSR count). The predicted octanol–water partition coefficient (Wildman–Crippen LogP) is 18.6. The summed E-state index contributed by atoms with van der Waals surface area (Å²) in [5, 5.41) is 10.2. The largest absolute Gasteiger partial charge is 0.310 e. The standard InChI is InChI=1S/C65H44N2S/c1-65(2)58-35-26-46(47-27-36-60-57(39-47)54-32-24-44-25-33-55-53-19-11-12-20-61(53)68-64(55)62(44)63(54)67(60)48-17-7-4-8-18-48)38-56(58)52-34-31-51(40-59(52)65)66(50-30-23-42-15-9-10-16-45(42)37-50)49-28-21-43(22-29-49)41-13-5-3-6-14-41/h3-40H,1-2H3. The lowest BCUT2D eigenvalue weighted by Gasteiger charge is -2.28. The quantitative estimate of drug-likeness (QED) is 0.162. The van der Waals surface area contributed by atoms with Gasteiger partial charge < -0.3 is 9.47 Å². The number of benzene rings is 11. The van der Waals surface area contributed by atoms with E-state index in [9.17, 15) is 0 Å². The fourth-order valence-corrected chi connectivity index (χ4v) is 12.6. The third kappa shape index (κ3) is 5.89. The van der Waals surface area contributed by atoms with E-state index in [-0.39, 0.29) is 5.41 Å². The molecule has 0 amide bonds. The lowest BCUT2D eigenvalue weighted by atomic mass is 9.82. The Bertz CT molecular complexity index is 4160. The zero-order chi connectivity index (χ0) is 45.1. The van der Waals surface area contributed by atoms with Gasteiger partial charge in [0.1, 0.15) is 0 Å². The molecule has 0 radical (unpaired) electrons. The molecule has 2 heterocycles. The van der Waals surface area contributed by atoms with Gasteiger partial charge in [-0.05, 0) is 133 Å². The summed E-state index contributed by atoms with van der Waals surface area (Å²) in [5.41, 5.74) is 17.0. The minimum absolute atomic E-state index is 0.197. The highest BCUT2D eigenvalue weighted by Crippen LogP contribution is 2.52. The second-order valence-corrected chi connectivity index (χ2v) is 20.0. The van der Waals surface area contributed by atoms with Crippen molar-refractivity contribution in [2.45, 2.75) is 19.3 Å². The van der Waals surface area contributed by atoms with Gasteiger partial charge >= 0.3 is 0 Å². The second kappa shape index (κ2) is 14.9. The minimum Gasteiger partial charge on any atom is -0.310 e. The summed E-state index contributed by atoms with van der Waals surface area (Å²) in [6, 6.07) is 85.5. The zero-order valence-electron chi connectivity index (χ0n) is 37.7. The van der Waals surface area contributed by atoms with Crippen molar-refractivity contribution in [1.82, 2.24) is 4.57 Å². The maximum absolute atomic E-state index is 2.50. The van der Waals surface area contributed by atoms with E-state index in [0.717, 1.165) is 17.1 Å². The average Bonchev–Trinajstić information content (AvgIpc) is 4.02. The summed E-state index contributed by atoms with van der Waals surface area (Å²) in [5.74, 6) is 0. The summed E-state index contributed by atoms with van der Waals surface area (Å²) < 4.78 is 5.17. The molecule has 0 unspecified atom stereocenters. The van der Waals surface area contributed by atoms with Crippen molar-refractivity contribution in [1.29, 1.82) is 0 Å². The molecule has 11 aromatic carbocycles. The molecule has 3 heteroatoms. The summed E-state index contributed by atoms with van der Waals surface area (Å²) in [7, 11) is 0. The average molecular weight is 885 g/mol. The van der Waals surface area contributed by atoms with Gasteiger partial charge in [-0.2, -0.15) is 0 Å². The minimum atomic E-state index is -0.197. The number of hydrogen-bond acceptors (Lipinski definition) is 2. The lowest BCUT2D eigenvalue weighted by Crippen LogP contribution is -2.16. The van der Waals surface area contributed by atoms with Gasteiger partial charge in [0, 0.05) is 64.5 Å². The Hall–Kier alpha value is -8.24. The Morgan fingerprint density at radius 1 is 0.397 bits per heavy atom. The van der Waals surface area contributed by atoms with E-state index in [4.69, 9.17) is 0 Å². The Kier molecular flexibility index (Phi) is 8.53. The van der Waals surface area contributed by atoms with Crippen LogP contribution in [0.1, 0.15) is 25.0 Å². The number of hydrogen-bond donors (Lipinski definition) is 0. The number of rotatable bonds is 6. The summed E-state index contributed by atoms with van der Waals surface area (Å²) >= 11 is 1.91. The topological polar surface area (TPSA) is 8.17 Å². The Morgan fingerprint density at radius 3 is 1.87 bits per heavy atom. The van der Waals surface area contributed by atoms with Gasteiger partial charge in [0.15, 0.2) is 0 Å². The van der Waals surface area contributed by atoms with Gasteiger partial charge in [0.2, 0.25) is 0 Å². The van der Waals surface area contributed by atoms with Gasteiger partial charge in [0.05, 0.1) is 11.0 Å². The summed E-state index contributed by atoms with van der Waals surface area (Å²) in [6.45, 7) is 4.77. The molecule has 68 heavy (non-hydrogen) atoms. The number of thiophene rings is 1. The van der Waals surface area contributed by atoms with Crippen molar-refractivity contribution >= 4 is 91.9 Å². The third-order valence-corrected chi connectivity index (χ3v) is 15.9. The molecule has 0 aliphatic heterocycles. The third-order valence-electron chi connectivity index (χ3n) is 14.7. The fraction of sp³-hybridized carbons (Fsp3) is 0.0462. The predicted molar refractivity (Wildman–Crippen MR) is 292 cm³/mol. The van der Waals surface area contributed by atoms with Crippen molar-refractivity contribution < 1.29 is 0 Å².